The highest BCUT2D eigenvalue weighted by atomic mass is 16.5. The Kier molecular flexibility index (Phi) is 4.45. The van der Waals surface area contributed by atoms with E-state index in [0.29, 0.717) is 30.3 Å². The van der Waals surface area contributed by atoms with Gasteiger partial charge in [0.1, 0.15) is 6.61 Å². The summed E-state index contributed by atoms with van der Waals surface area (Å²) < 4.78 is 11.8. The predicted octanol–water partition coefficient (Wildman–Crippen LogP) is 3.77. The van der Waals surface area contributed by atoms with Crippen LogP contribution in [0.5, 0.6) is 11.5 Å². The highest BCUT2D eigenvalue weighted by Gasteiger charge is 2.31. The van der Waals surface area contributed by atoms with Crippen LogP contribution in [0.2, 0.25) is 0 Å². The van der Waals surface area contributed by atoms with Gasteiger partial charge in [-0.1, -0.05) is 24.3 Å². The van der Waals surface area contributed by atoms with E-state index >= 15 is 0 Å². The van der Waals surface area contributed by atoms with Gasteiger partial charge >= 0.3 is 0 Å². The number of nitrogens with zero attached hydrogens (tertiary/aromatic N) is 1. The van der Waals surface area contributed by atoms with Crippen molar-refractivity contribution in [2.24, 2.45) is 0 Å². The van der Waals surface area contributed by atoms with Crippen LogP contribution in [0, 0.1) is 0 Å². The van der Waals surface area contributed by atoms with Gasteiger partial charge < -0.3 is 9.47 Å². The number of rotatable bonds is 6. The van der Waals surface area contributed by atoms with Crippen molar-refractivity contribution in [2.45, 2.75) is 19.8 Å². The number of benzene rings is 2. The van der Waals surface area contributed by atoms with Gasteiger partial charge in [0.05, 0.1) is 12.2 Å². The van der Waals surface area contributed by atoms with Gasteiger partial charge in [0, 0.05) is 12.1 Å². The molecule has 4 nitrogen and oxygen atoms in total. The largest absolute Gasteiger partial charge is 0.490 e. The first-order valence-electron chi connectivity index (χ1n) is 9.08. The molecule has 0 radical (unpaired) electrons. The number of ketones is 1. The fourth-order valence-electron chi connectivity index (χ4n) is 3.76. The molecular formula is C21H23NO3. The standard InChI is InChI=1S/C21H23NO3/c1-2-24-18-10-9-16-15-7-3-4-8-17(15)20(23)19(16)21(18)25-14-13-22-11-5-6-12-22/h3-4,7-10H,2,5-6,11-14H2,1H3. The smallest absolute Gasteiger partial charge is 0.198 e. The molecule has 2 aromatic carbocycles. The Morgan fingerprint density at radius 2 is 1.72 bits per heavy atom. The summed E-state index contributed by atoms with van der Waals surface area (Å²) in [4.78, 5) is 15.3. The number of carbonyl (C=O) groups excluding carboxylic acids is 1. The molecule has 4 rings (SSSR count). The van der Waals surface area contributed by atoms with Gasteiger partial charge in [-0.05, 0) is 56.1 Å². The summed E-state index contributed by atoms with van der Waals surface area (Å²) in [5, 5.41) is 0. The van der Waals surface area contributed by atoms with Crippen LogP contribution >= 0.6 is 0 Å². The molecule has 1 saturated heterocycles. The average molecular weight is 337 g/mol. The molecule has 1 fully saturated rings. The molecule has 25 heavy (non-hydrogen) atoms. The molecule has 0 N–H and O–H groups in total. The molecule has 0 bridgehead atoms. The fourth-order valence-corrected chi connectivity index (χ4v) is 3.76. The minimum atomic E-state index is 0.0309. The van der Waals surface area contributed by atoms with E-state index in [4.69, 9.17) is 9.47 Å². The molecular weight excluding hydrogens is 314 g/mol. The Labute approximate surface area is 148 Å². The van der Waals surface area contributed by atoms with Crippen molar-refractivity contribution in [1.82, 2.24) is 4.90 Å². The van der Waals surface area contributed by atoms with E-state index in [2.05, 4.69) is 4.90 Å². The topological polar surface area (TPSA) is 38.8 Å². The van der Waals surface area contributed by atoms with Gasteiger partial charge in [0.15, 0.2) is 17.3 Å². The van der Waals surface area contributed by atoms with Crippen LogP contribution < -0.4 is 9.47 Å². The molecule has 4 heteroatoms. The van der Waals surface area contributed by atoms with Gasteiger partial charge in [-0.25, -0.2) is 0 Å². The maximum absolute atomic E-state index is 12.9. The summed E-state index contributed by atoms with van der Waals surface area (Å²) in [6.45, 7) is 6.22. The molecule has 0 amide bonds. The van der Waals surface area contributed by atoms with E-state index in [1.165, 1.54) is 12.8 Å². The lowest BCUT2D eigenvalue weighted by molar-refractivity contribution is 0.103. The van der Waals surface area contributed by atoms with Crippen LogP contribution in [0.4, 0.5) is 0 Å². The maximum Gasteiger partial charge on any atom is 0.198 e. The number of hydrogen-bond acceptors (Lipinski definition) is 4. The maximum atomic E-state index is 12.9. The van der Waals surface area contributed by atoms with Gasteiger partial charge in [-0.3, -0.25) is 9.69 Å². The Bertz CT molecular complexity index is 794. The third-order valence-corrected chi connectivity index (χ3v) is 4.96. The normalized spacial score (nSPS) is 16.0. The van der Waals surface area contributed by atoms with E-state index in [1.807, 2.05) is 43.3 Å². The minimum Gasteiger partial charge on any atom is -0.490 e. The molecule has 0 saturated carbocycles. The lowest BCUT2D eigenvalue weighted by atomic mass is 10.0. The van der Waals surface area contributed by atoms with E-state index in [-0.39, 0.29) is 5.78 Å². The second-order valence-electron chi connectivity index (χ2n) is 6.52. The Balaban J connectivity index is 1.65. The first kappa shape index (κ1) is 16.2. The van der Waals surface area contributed by atoms with E-state index in [9.17, 15) is 4.79 Å². The molecule has 130 valence electrons. The number of carbonyl (C=O) groups is 1. The van der Waals surface area contributed by atoms with Crippen LogP contribution in [0.1, 0.15) is 35.7 Å². The Morgan fingerprint density at radius 1 is 0.960 bits per heavy atom. The molecule has 1 heterocycles. The zero-order chi connectivity index (χ0) is 17.2. The van der Waals surface area contributed by atoms with Crippen molar-refractivity contribution in [3.63, 3.8) is 0 Å². The van der Waals surface area contributed by atoms with Crippen molar-refractivity contribution in [2.75, 3.05) is 32.8 Å². The first-order chi connectivity index (χ1) is 12.3. The molecule has 2 aromatic rings. The summed E-state index contributed by atoms with van der Waals surface area (Å²) in [5.41, 5.74) is 3.32. The third kappa shape index (κ3) is 2.91. The minimum absolute atomic E-state index is 0.0309. The van der Waals surface area contributed by atoms with Crippen LogP contribution in [0.15, 0.2) is 36.4 Å². The second-order valence-corrected chi connectivity index (χ2v) is 6.52. The van der Waals surface area contributed by atoms with Crippen LogP contribution in [-0.4, -0.2) is 43.5 Å². The fraction of sp³-hybridized carbons (Fsp3) is 0.381. The summed E-state index contributed by atoms with van der Waals surface area (Å²) >= 11 is 0. The number of fused-ring (bicyclic) bond motifs is 3. The monoisotopic (exact) mass is 337 g/mol. The van der Waals surface area contributed by atoms with Crippen molar-refractivity contribution in [1.29, 1.82) is 0 Å². The summed E-state index contributed by atoms with van der Waals surface area (Å²) in [6.07, 6.45) is 2.53. The quantitative estimate of drug-likeness (QED) is 0.686. The summed E-state index contributed by atoms with van der Waals surface area (Å²) in [6, 6.07) is 11.6. The van der Waals surface area contributed by atoms with Crippen molar-refractivity contribution in [3.8, 4) is 22.6 Å². The molecule has 0 unspecified atom stereocenters. The van der Waals surface area contributed by atoms with Gasteiger partial charge in [-0.2, -0.15) is 0 Å². The lowest BCUT2D eigenvalue weighted by Gasteiger charge is -2.18. The average Bonchev–Trinajstić information content (AvgIpc) is 3.24. The van der Waals surface area contributed by atoms with Crippen LogP contribution in [-0.2, 0) is 0 Å². The van der Waals surface area contributed by atoms with E-state index in [1.54, 1.807) is 0 Å². The zero-order valence-electron chi connectivity index (χ0n) is 14.6. The second kappa shape index (κ2) is 6.89. The van der Waals surface area contributed by atoms with Crippen molar-refractivity contribution < 1.29 is 14.3 Å². The first-order valence-corrected chi connectivity index (χ1v) is 9.08. The predicted molar refractivity (Wildman–Crippen MR) is 97.6 cm³/mol. The third-order valence-electron chi connectivity index (χ3n) is 4.96. The molecule has 0 aromatic heterocycles. The number of likely N-dealkylation sites (tertiary alicyclic amines) is 1. The van der Waals surface area contributed by atoms with Crippen molar-refractivity contribution in [3.05, 3.63) is 47.5 Å². The molecule has 0 spiro atoms. The van der Waals surface area contributed by atoms with Gasteiger partial charge in [-0.15, -0.1) is 0 Å². The molecule has 1 aliphatic carbocycles. The number of ether oxygens (including phenoxy) is 2. The van der Waals surface area contributed by atoms with E-state index in [0.717, 1.165) is 36.3 Å². The van der Waals surface area contributed by atoms with Gasteiger partial charge in [0.2, 0.25) is 0 Å². The Hall–Kier alpha value is -2.33. The summed E-state index contributed by atoms with van der Waals surface area (Å²) in [5.74, 6) is 1.28. The number of hydrogen-bond donors (Lipinski definition) is 0. The SMILES string of the molecule is CCOc1ccc2c(c1OCCN1CCCC1)C(=O)c1ccccc1-2. The Morgan fingerprint density at radius 3 is 2.48 bits per heavy atom. The van der Waals surface area contributed by atoms with Crippen LogP contribution in [0.25, 0.3) is 11.1 Å². The van der Waals surface area contributed by atoms with Crippen molar-refractivity contribution >= 4 is 5.78 Å². The molecule has 1 aliphatic heterocycles. The highest BCUT2D eigenvalue weighted by Crippen LogP contribution is 2.45. The summed E-state index contributed by atoms with van der Waals surface area (Å²) in [7, 11) is 0. The highest BCUT2D eigenvalue weighted by molar-refractivity contribution is 6.23. The van der Waals surface area contributed by atoms with E-state index < -0.39 is 0 Å². The molecule has 2 aliphatic rings. The van der Waals surface area contributed by atoms with Crippen LogP contribution in [0.3, 0.4) is 0 Å². The lowest BCUT2D eigenvalue weighted by Crippen LogP contribution is -2.25. The molecule has 0 atom stereocenters. The zero-order valence-corrected chi connectivity index (χ0v) is 14.6. The van der Waals surface area contributed by atoms with Gasteiger partial charge in [0.25, 0.3) is 0 Å².